The molecule has 2 atom stereocenters. The number of carbonyl (C=O) groups is 2. The minimum absolute atomic E-state index is 0.257. The second-order valence-corrected chi connectivity index (χ2v) is 5.00. The van der Waals surface area contributed by atoms with E-state index in [4.69, 9.17) is 14.6 Å². The lowest BCUT2D eigenvalue weighted by atomic mass is 10.1. The number of benzene rings is 1. The van der Waals surface area contributed by atoms with Crippen molar-refractivity contribution < 1.29 is 24.2 Å². The minimum Gasteiger partial charge on any atom is -0.486 e. The van der Waals surface area contributed by atoms with Gasteiger partial charge in [0.2, 0.25) is 0 Å². The third-order valence-electron chi connectivity index (χ3n) is 3.52. The summed E-state index contributed by atoms with van der Waals surface area (Å²) in [6.45, 7) is 0.964. The van der Waals surface area contributed by atoms with Gasteiger partial charge in [-0.2, -0.15) is 0 Å². The van der Waals surface area contributed by atoms with Crippen LogP contribution in [0.3, 0.4) is 0 Å². The number of carboxylic acid groups (broad SMARTS) is 1. The second-order valence-electron chi connectivity index (χ2n) is 5.00. The number of ether oxygens (including phenoxy) is 2. The van der Waals surface area contributed by atoms with Crippen LogP contribution in [-0.4, -0.2) is 36.2 Å². The van der Waals surface area contributed by atoms with Gasteiger partial charge in [-0.3, -0.25) is 9.59 Å². The molecule has 2 aliphatic rings. The molecule has 2 N–H and O–H groups in total. The highest BCUT2D eigenvalue weighted by molar-refractivity contribution is 5.95. The Bertz CT molecular complexity index is 610. The molecule has 1 heterocycles. The molecule has 6 heteroatoms. The monoisotopic (exact) mass is 289 g/mol. The molecule has 1 aliphatic heterocycles. The van der Waals surface area contributed by atoms with Gasteiger partial charge in [-0.15, -0.1) is 0 Å². The highest BCUT2D eigenvalue weighted by Gasteiger charge is 2.26. The maximum absolute atomic E-state index is 12.2. The Morgan fingerprint density at radius 3 is 2.62 bits per heavy atom. The van der Waals surface area contributed by atoms with Gasteiger partial charge in [-0.1, -0.05) is 12.2 Å². The number of rotatable bonds is 3. The van der Waals surface area contributed by atoms with Crippen LogP contribution in [-0.2, 0) is 4.79 Å². The Morgan fingerprint density at radius 1 is 1.14 bits per heavy atom. The highest BCUT2D eigenvalue weighted by atomic mass is 16.6. The Balaban J connectivity index is 1.66. The summed E-state index contributed by atoms with van der Waals surface area (Å²) >= 11 is 0. The van der Waals surface area contributed by atoms with Crippen LogP contribution in [0.25, 0.3) is 0 Å². The first-order chi connectivity index (χ1) is 10.1. The van der Waals surface area contributed by atoms with Gasteiger partial charge in [0.05, 0.1) is 5.92 Å². The number of aliphatic carboxylic acids is 1. The zero-order chi connectivity index (χ0) is 14.8. The van der Waals surface area contributed by atoms with E-state index in [0.717, 1.165) is 0 Å². The zero-order valence-corrected chi connectivity index (χ0v) is 11.2. The first kappa shape index (κ1) is 13.5. The summed E-state index contributed by atoms with van der Waals surface area (Å²) in [5, 5.41) is 11.7. The van der Waals surface area contributed by atoms with E-state index in [1.807, 2.05) is 0 Å². The van der Waals surface area contributed by atoms with Gasteiger partial charge in [0, 0.05) is 11.6 Å². The van der Waals surface area contributed by atoms with Crippen LogP contribution in [0, 0.1) is 5.92 Å². The van der Waals surface area contributed by atoms with Crippen molar-refractivity contribution in [1.82, 2.24) is 5.32 Å². The average molecular weight is 289 g/mol. The van der Waals surface area contributed by atoms with Crippen molar-refractivity contribution in [3.63, 3.8) is 0 Å². The number of nitrogens with one attached hydrogen (secondary N) is 1. The van der Waals surface area contributed by atoms with Gasteiger partial charge in [-0.05, 0) is 24.6 Å². The van der Waals surface area contributed by atoms with E-state index >= 15 is 0 Å². The maximum atomic E-state index is 12.2. The summed E-state index contributed by atoms with van der Waals surface area (Å²) in [5.41, 5.74) is 0.464. The normalized spacial score (nSPS) is 22.9. The first-order valence-electron chi connectivity index (χ1n) is 6.75. The molecular weight excluding hydrogens is 274 g/mol. The molecule has 0 bridgehead atoms. The predicted octanol–water partition coefficient (Wildman–Crippen LogP) is 1.22. The second kappa shape index (κ2) is 5.47. The molecule has 0 spiro atoms. The van der Waals surface area contributed by atoms with Crippen LogP contribution in [0.15, 0.2) is 30.4 Å². The van der Waals surface area contributed by atoms with E-state index < -0.39 is 11.9 Å². The molecule has 3 rings (SSSR count). The van der Waals surface area contributed by atoms with Gasteiger partial charge in [0.1, 0.15) is 13.2 Å². The number of amides is 1. The summed E-state index contributed by atoms with van der Waals surface area (Å²) in [6.07, 6.45) is 3.71. The van der Waals surface area contributed by atoms with Crippen LogP contribution in [0.1, 0.15) is 16.8 Å². The molecule has 1 amide bonds. The van der Waals surface area contributed by atoms with Crippen molar-refractivity contribution in [1.29, 1.82) is 0 Å². The maximum Gasteiger partial charge on any atom is 0.310 e. The molecule has 110 valence electrons. The number of hydrogen-bond acceptors (Lipinski definition) is 4. The summed E-state index contributed by atoms with van der Waals surface area (Å²) in [4.78, 5) is 23.0. The third kappa shape index (κ3) is 2.84. The lowest BCUT2D eigenvalue weighted by Gasteiger charge is -2.19. The van der Waals surface area contributed by atoms with Gasteiger partial charge >= 0.3 is 5.97 Å². The van der Waals surface area contributed by atoms with Crippen molar-refractivity contribution in [3.8, 4) is 11.5 Å². The molecular formula is C15H15NO5. The smallest absolute Gasteiger partial charge is 0.310 e. The molecule has 0 radical (unpaired) electrons. The van der Waals surface area contributed by atoms with Crippen molar-refractivity contribution in [2.45, 2.75) is 12.5 Å². The molecule has 1 aromatic carbocycles. The number of carbonyl (C=O) groups excluding carboxylic acids is 1. The Morgan fingerprint density at radius 2 is 1.90 bits per heavy atom. The standard InChI is InChI=1S/C15H15NO5/c17-14(16-11-3-1-10(7-11)15(18)19)9-2-4-12-13(8-9)21-6-5-20-12/h1-4,8,10-11H,5-7H2,(H,16,17)(H,18,19). The molecule has 1 aliphatic carbocycles. The number of carboxylic acids is 1. The highest BCUT2D eigenvalue weighted by Crippen LogP contribution is 2.30. The van der Waals surface area contributed by atoms with Crippen LogP contribution >= 0.6 is 0 Å². The van der Waals surface area contributed by atoms with Gasteiger partial charge in [0.25, 0.3) is 5.91 Å². The van der Waals surface area contributed by atoms with Crippen LogP contribution in [0.2, 0.25) is 0 Å². The molecule has 0 aromatic heterocycles. The van der Waals surface area contributed by atoms with Crippen molar-refractivity contribution in [2.24, 2.45) is 5.92 Å². The van der Waals surface area contributed by atoms with Crippen LogP contribution in [0.4, 0.5) is 0 Å². The molecule has 2 unspecified atom stereocenters. The zero-order valence-electron chi connectivity index (χ0n) is 11.2. The summed E-state index contributed by atoms with van der Waals surface area (Å²) in [6, 6.07) is 4.74. The van der Waals surface area contributed by atoms with Crippen LogP contribution in [0.5, 0.6) is 11.5 Å². The number of fused-ring (bicyclic) bond motifs is 1. The van der Waals surface area contributed by atoms with E-state index in [-0.39, 0.29) is 11.9 Å². The first-order valence-corrected chi connectivity index (χ1v) is 6.75. The summed E-state index contributed by atoms with van der Waals surface area (Å²) in [7, 11) is 0. The molecule has 0 saturated carbocycles. The quantitative estimate of drug-likeness (QED) is 0.817. The largest absolute Gasteiger partial charge is 0.486 e. The predicted molar refractivity (Wildman–Crippen MR) is 73.6 cm³/mol. The molecule has 21 heavy (non-hydrogen) atoms. The Kier molecular flexibility index (Phi) is 3.51. The molecule has 6 nitrogen and oxygen atoms in total. The molecule has 1 aromatic rings. The lowest BCUT2D eigenvalue weighted by Crippen LogP contribution is -2.33. The third-order valence-corrected chi connectivity index (χ3v) is 3.52. The summed E-state index contributed by atoms with van der Waals surface area (Å²) < 4.78 is 10.8. The van der Waals surface area contributed by atoms with Crippen LogP contribution < -0.4 is 14.8 Å². The van der Waals surface area contributed by atoms with E-state index in [1.165, 1.54) is 0 Å². The topological polar surface area (TPSA) is 84.9 Å². The average Bonchev–Trinajstić information content (AvgIpc) is 2.95. The minimum atomic E-state index is -0.873. The van der Waals surface area contributed by atoms with Gasteiger partial charge < -0.3 is 19.9 Å². The molecule has 0 fully saturated rings. The fourth-order valence-corrected chi connectivity index (χ4v) is 2.43. The van der Waals surface area contributed by atoms with E-state index in [0.29, 0.717) is 36.7 Å². The fraction of sp³-hybridized carbons (Fsp3) is 0.333. The Labute approximate surface area is 121 Å². The van der Waals surface area contributed by atoms with Gasteiger partial charge in [-0.25, -0.2) is 0 Å². The summed E-state index contributed by atoms with van der Waals surface area (Å²) in [5.74, 6) is -0.477. The Hall–Kier alpha value is -2.50. The van der Waals surface area contributed by atoms with Crippen molar-refractivity contribution in [3.05, 3.63) is 35.9 Å². The van der Waals surface area contributed by atoms with E-state index in [1.54, 1.807) is 30.4 Å². The fourth-order valence-electron chi connectivity index (χ4n) is 2.43. The van der Waals surface area contributed by atoms with E-state index in [2.05, 4.69) is 5.32 Å². The van der Waals surface area contributed by atoms with Crippen molar-refractivity contribution >= 4 is 11.9 Å². The SMILES string of the molecule is O=C(NC1C=CC(C(=O)O)C1)c1ccc2c(c1)OCCO2. The van der Waals surface area contributed by atoms with Crippen molar-refractivity contribution in [2.75, 3.05) is 13.2 Å². The van der Waals surface area contributed by atoms with E-state index in [9.17, 15) is 9.59 Å². The van der Waals surface area contributed by atoms with Gasteiger partial charge in [0.15, 0.2) is 11.5 Å². The number of hydrogen-bond donors (Lipinski definition) is 2. The lowest BCUT2D eigenvalue weighted by molar-refractivity contribution is -0.140. The molecule has 0 saturated heterocycles.